The van der Waals surface area contributed by atoms with Gasteiger partial charge in [-0.15, -0.1) is 0 Å². The summed E-state index contributed by atoms with van der Waals surface area (Å²) in [7, 11) is 3.27. The van der Waals surface area contributed by atoms with Crippen LogP contribution < -0.4 is 14.4 Å². The van der Waals surface area contributed by atoms with Crippen LogP contribution in [0, 0.1) is 0 Å². The highest BCUT2D eigenvalue weighted by Crippen LogP contribution is 2.23. The Labute approximate surface area is 160 Å². The first-order valence-electron chi connectivity index (χ1n) is 9.33. The first kappa shape index (κ1) is 19.0. The van der Waals surface area contributed by atoms with Crippen molar-refractivity contribution in [2.75, 3.05) is 32.2 Å². The molecule has 0 saturated heterocycles. The summed E-state index contributed by atoms with van der Waals surface area (Å²) < 4.78 is 10.4. The Morgan fingerprint density at radius 2 is 1.56 bits per heavy atom. The van der Waals surface area contributed by atoms with E-state index in [2.05, 4.69) is 0 Å². The van der Waals surface area contributed by atoms with Crippen molar-refractivity contribution >= 4 is 17.3 Å². The minimum absolute atomic E-state index is 0.0559. The van der Waals surface area contributed by atoms with E-state index in [0.29, 0.717) is 5.56 Å². The fourth-order valence-corrected chi connectivity index (χ4v) is 3.18. The van der Waals surface area contributed by atoms with Crippen molar-refractivity contribution in [1.82, 2.24) is 0 Å². The van der Waals surface area contributed by atoms with E-state index in [1.54, 1.807) is 14.2 Å². The van der Waals surface area contributed by atoms with Gasteiger partial charge in [-0.3, -0.25) is 9.79 Å². The molecule has 0 spiro atoms. The van der Waals surface area contributed by atoms with E-state index in [1.807, 2.05) is 53.4 Å². The molecule has 1 aliphatic heterocycles. The number of methoxy groups -OCH3 is 2. The van der Waals surface area contributed by atoms with Crippen molar-refractivity contribution in [2.45, 2.75) is 25.7 Å². The van der Waals surface area contributed by atoms with E-state index < -0.39 is 0 Å². The van der Waals surface area contributed by atoms with Crippen molar-refractivity contribution in [1.29, 1.82) is 0 Å². The van der Waals surface area contributed by atoms with Crippen molar-refractivity contribution in [3.63, 3.8) is 0 Å². The molecule has 0 fully saturated rings. The molecular weight excluding hydrogens is 340 g/mol. The van der Waals surface area contributed by atoms with Gasteiger partial charge in [-0.05, 0) is 61.4 Å². The maximum Gasteiger partial charge on any atom is 0.182 e. The highest BCUT2D eigenvalue weighted by Gasteiger charge is 2.19. The van der Waals surface area contributed by atoms with Crippen molar-refractivity contribution in [2.24, 2.45) is 4.99 Å². The van der Waals surface area contributed by atoms with E-state index in [0.717, 1.165) is 48.8 Å². The van der Waals surface area contributed by atoms with Crippen molar-refractivity contribution in [3.8, 4) is 11.5 Å². The lowest BCUT2D eigenvalue weighted by Gasteiger charge is -2.26. The van der Waals surface area contributed by atoms with E-state index in [1.165, 1.54) is 6.42 Å². The van der Waals surface area contributed by atoms with Gasteiger partial charge in [-0.25, -0.2) is 0 Å². The second-order valence-electron chi connectivity index (χ2n) is 6.54. The molecule has 0 saturated carbocycles. The zero-order chi connectivity index (χ0) is 19.1. The molecule has 0 atom stereocenters. The smallest absolute Gasteiger partial charge is 0.182 e. The molecule has 27 heavy (non-hydrogen) atoms. The third-order valence-corrected chi connectivity index (χ3v) is 4.76. The average Bonchev–Trinajstić information content (AvgIpc) is 3.01. The van der Waals surface area contributed by atoms with Gasteiger partial charge in [0.15, 0.2) is 5.78 Å². The van der Waals surface area contributed by atoms with Crippen LogP contribution in [0.25, 0.3) is 0 Å². The quantitative estimate of drug-likeness (QED) is 0.713. The zero-order valence-corrected chi connectivity index (χ0v) is 16.0. The Kier molecular flexibility index (Phi) is 6.47. The number of nitrogens with zero attached hydrogens (tertiary/aromatic N) is 2. The number of amidine groups is 1. The van der Waals surface area contributed by atoms with Gasteiger partial charge < -0.3 is 14.4 Å². The van der Waals surface area contributed by atoms with Gasteiger partial charge in [0.05, 0.1) is 20.8 Å². The Morgan fingerprint density at radius 3 is 2.19 bits per heavy atom. The highest BCUT2D eigenvalue weighted by molar-refractivity contribution is 6.07. The molecule has 2 aromatic rings. The number of rotatable bonds is 6. The summed E-state index contributed by atoms with van der Waals surface area (Å²) in [5.74, 6) is 2.58. The normalized spacial score (nSPS) is 14.1. The summed E-state index contributed by atoms with van der Waals surface area (Å²) in [6.45, 7) is 1.08. The molecule has 142 valence electrons. The first-order chi connectivity index (χ1) is 13.2. The van der Waals surface area contributed by atoms with E-state index in [4.69, 9.17) is 14.5 Å². The van der Waals surface area contributed by atoms with Crippen LogP contribution in [0.15, 0.2) is 53.5 Å². The van der Waals surface area contributed by atoms with Gasteiger partial charge in [-0.2, -0.15) is 0 Å². The Hall–Kier alpha value is -2.82. The molecule has 5 nitrogen and oxygen atoms in total. The van der Waals surface area contributed by atoms with Gasteiger partial charge in [-0.1, -0.05) is 6.42 Å². The zero-order valence-electron chi connectivity index (χ0n) is 16.0. The fraction of sp³-hybridized carbons (Fsp3) is 0.364. The van der Waals surface area contributed by atoms with E-state index >= 15 is 0 Å². The van der Waals surface area contributed by atoms with Gasteiger partial charge >= 0.3 is 0 Å². The van der Waals surface area contributed by atoms with Crippen LogP contribution in [0.3, 0.4) is 0 Å². The number of hydrogen-bond donors (Lipinski definition) is 0. The SMILES string of the molecule is COc1ccc(C(=O)CN(C2=NCCCCC2)c2ccc(OC)cc2)cc1. The lowest BCUT2D eigenvalue weighted by Crippen LogP contribution is -2.36. The fourth-order valence-electron chi connectivity index (χ4n) is 3.18. The van der Waals surface area contributed by atoms with Crippen LogP contribution in [-0.4, -0.2) is 38.9 Å². The number of hydrogen-bond acceptors (Lipinski definition) is 5. The van der Waals surface area contributed by atoms with E-state index in [-0.39, 0.29) is 12.3 Å². The number of Topliss-reactive ketones (excluding diaryl/α,β-unsaturated/α-hetero) is 1. The highest BCUT2D eigenvalue weighted by atomic mass is 16.5. The Bertz CT molecular complexity index is 782. The minimum atomic E-state index is 0.0559. The van der Waals surface area contributed by atoms with Crippen LogP contribution >= 0.6 is 0 Å². The summed E-state index contributed by atoms with van der Waals surface area (Å²) in [5.41, 5.74) is 1.63. The van der Waals surface area contributed by atoms with Crippen LogP contribution in [0.4, 0.5) is 5.69 Å². The standard InChI is InChI=1S/C22H26N2O3/c1-26-19-11-7-17(8-12-19)21(25)16-24(22-6-4-3-5-15-23-22)18-9-13-20(27-2)14-10-18/h7-14H,3-6,15-16H2,1-2H3. The number of carbonyl (C=O) groups is 1. The van der Waals surface area contributed by atoms with Gasteiger partial charge in [0.1, 0.15) is 17.3 Å². The third kappa shape index (κ3) is 4.88. The summed E-state index contributed by atoms with van der Waals surface area (Å²) in [6.07, 6.45) is 4.27. The molecule has 0 aromatic heterocycles. The lowest BCUT2D eigenvalue weighted by molar-refractivity contribution is 0.100. The number of carbonyl (C=O) groups excluding carboxylic acids is 1. The predicted molar refractivity (Wildman–Crippen MR) is 108 cm³/mol. The van der Waals surface area contributed by atoms with Crippen molar-refractivity contribution in [3.05, 3.63) is 54.1 Å². The monoisotopic (exact) mass is 366 g/mol. The number of benzene rings is 2. The Balaban J connectivity index is 1.85. The molecule has 5 heteroatoms. The summed E-state index contributed by atoms with van der Waals surface area (Å²) in [5, 5.41) is 0. The van der Waals surface area contributed by atoms with Crippen molar-refractivity contribution < 1.29 is 14.3 Å². The number of aliphatic imine (C=N–C) groups is 1. The largest absolute Gasteiger partial charge is 0.497 e. The van der Waals surface area contributed by atoms with Gasteiger partial charge in [0, 0.05) is 24.2 Å². The number of anilines is 1. The molecular formula is C22H26N2O3. The molecule has 0 unspecified atom stereocenters. The average molecular weight is 366 g/mol. The Morgan fingerprint density at radius 1 is 0.926 bits per heavy atom. The maximum atomic E-state index is 12.9. The topological polar surface area (TPSA) is 51.1 Å². The maximum absolute atomic E-state index is 12.9. The summed E-state index contributed by atoms with van der Waals surface area (Å²) >= 11 is 0. The lowest BCUT2D eigenvalue weighted by atomic mass is 10.1. The van der Waals surface area contributed by atoms with Crippen LogP contribution in [-0.2, 0) is 0 Å². The molecule has 1 heterocycles. The first-order valence-corrected chi connectivity index (χ1v) is 9.33. The molecule has 3 rings (SSSR count). The molecule has 1 aliphatic rings. The molecule has 0 N–H and O–H groups in total. The summed E-state index contributed by atoms with van der Waals surface area (Å²) in [6, 6.07) is 15.0. The third-order valence-electron chi connectivity index (χ3n) is 4.76. The van der Waals surface area contributed by atoms with Crippen LogP contribution in [0.5, 0.6) is 11.5 Å². The van der Waals surface area contributed by atoms with Crippen LogP contribution in [0.1, 0.15) is 36.0 Å². The summed E-state index contributed by atoms with van der Waals surface area (Å²) in [4.78, 5) is 19.7. The molecule has 0 amide bonds. The molecule has 0 aliphatic carbocycles. The molecule has 0 bridgehead atoms. The second kappa shape index (κ2) is 9.21. The molecule has 0 radical (unpaired) electrons. The van der Waals surface area contributed by atoms with E-state index in [9.17, 15) is 4.79 Å². The van der Waals surface area contributed by atoms with Gasteiger partial charge in [0.2, 0.25) is 0 Å². The predicted octanol–water partition coefficient (Wildman–Crippen LogP) is 4.37. The minimum Gasteiger partial charge on any atom is -0.497 e. The van der Waals surface area contributed by atoms with Crippen LogP contribution in [0.2, 0.25) is 0 Å². The van der Waals surface area contributed by atoms with Gasteiger partial charge in [0.25, 0.3) is 0 Å². The second-order valence-corrected chi connectivity index (χ2v) is 6.54. The molecule has 2 aromatic carbocycles. The number of ketones is 1. The number of ether oxygens (including phenoxy) is 2.